The Balaban J connectivity index is 1.35. The predicted octanol–water partition coefficient (Wildman–Crippen LogP) is 2.46. The Morgan fingerprint density at radius 2 is 2.00 bits per heavy atom. The second kappa shape index (κ2) is 6.21. The van der Waals surface area contributed by atoms with Gasteiger partial charge in [-0.3, -0.25) is 9.52 Å². The highest BCUT2D eigenvalue weighted by atomic mass is 79.9. The monoisotopic (exact) mass is 425 g/mol. The number of sulfonamides is 1. The molecular weight excluding hydrogens is 410 g/mol. The number of nitrogens with one attached hydrogen (secondary N) is 1. The van der Waals surface area contributed by atoms with Crippen LogP contribution in [-0.2, 0) is 20.6 Å². The molecule has 2 aliphatic carbocycles. The van der Waals surface area contributed by atoms with Gasteiger partial charge in [-0.1, -0.05) is 33.2 Å². The minimum atomic E-state index is -3.84. The number of halogens is 1. The normalized spacial score (nSPS) is 22.6. The van der Waals surface area contributed by atoms with Crippen LogP contribution in [0.2, 0.25) is 0 Å². The molecule has 132 valence electrons. The first-order valence-electron chi connectivity index (χ1n) is 8.03. The standard InChI is InChI=1S/C16H16BrN3O4S/c17-11-5-3-9(4-6-11)12-7-13(12)15(21)20-25(22,23)8-14-18-16(24-19-14)10-1-2-10/h3-6,10,12-13H,1-2,7-8H2,(H,20,21)/t12-,13+/m0/s1. The van der Waals surface area contributed by atoms with E-state index in [1.807, 2.05) is 24.3 Å². The van der Waals surface area contributed by atoms with Crippen LogP contribution >= 0.6 is 15.9 Å². The molecule has 0 radical (unpaired) electrons. The second-order valence-electron chi connectivity index (χ2n) is 6.55. The van der Waals surface area contributed by atoms with E-state index in [0.717, 1.165) is 22.9 Å². The summed E-state index contributed by atoms with van der Waals surface area (Å²) in [5.74, 6) is -0.352. The molecule has 1 heterocycles. The van der Waals surface area contributed by atoms with Gasteiger partial charge in [-0.05, 0) is 42.9 Å². The van der Waals surface area contributed by atoms with Crippen molar-refractivity contribution in [2.45, 2.75) is 36.9 Å². The number of hydrogen-bond donors (Lipinski definition) is 1. The highest BCUT2D eigenvalue weighted by Crippen LogP contribution is 2.47. The van der Waals surface area contributed by atoms with Crippen molar-refractivity contribution < 1.29 is 17.7 Å². The zero-order valence-electron chi connectivity index (χ0n) is 13.2. The number of hydrogen-bond acceptors (Lipinski definition) is 6. The summed E-state index contributed by atoms with van der Waals surface area (Å²) in [7, 11) is -3.84. The second-order valence-corrected chi connectivity index (χ2v) is 9.19. The summed E-state index contributed by atoms with van der Waals surface area (Å²) >= 11 is 3.37. The average molecular weight is 426 g/mol. The molecule has 0 unspecified atom stereocenters. The van der Waals surface area contributed by atoms with Crippen LogP contribution in [0, 0.1) is 5.92 Å². The highest BCUT2D eigenvalue weighted by Gasteiger charge is 2.45. The van der Waals surface area contributed by atoms with Crippen molar-refractivity contribution in [1.29, 1.82) is 0 Å². The van der Waals surface area contributed by atoms with Gasteiger partial charge in [-0.25, -0.2) is 8.42 Å². The van der Waals surface area contributed by atoms with E-state index in [-0.39, 0.29) is 23.6 Å². The average Bonchev–Trinajstić information content (AvgIpc) is 3.46. The lowest BCUT2D eigenvalue weighted by Crippen LogP contribution is -2.33. The van der Waals surface area contributed by atoms with Gasteiger partial charge in [0.25, 0.3) is 0 Å². The van der Waals surface area contributed by atoms with Crippen molar-refractivity contribution in [2.75, 3.05) is 0 Å². The summed E-state index contributed by atoms with van der Waals surface area (Å²) < 4.78 is 32.5. The maximum atomic E-state index is 12.2. The number of carbonyl (C=O) groups is 1. The molecule has 1 aromatic heterocycles. The molecule has 2 atom stereocenters. The van der Waals surface area contributed by atoms with Crippen molar-refractivity contribution in [3.8, 4) is 0 Å². The van der Waals surface area contributed by atoms with Crippen LogP contribution in [0.15, 0.2) is 33.3 Å². The van der Waals surface area contributed by atoms with E-state index in [1.165, 1.54) is 0 Å². The van der Waals surface area contributed by atoms with Crippen molar-refractivity contribution in [3.63, 3.8) is 0 Å². The number of nitrogens with zero attached hydrogens (tertiary/aromatic N) is 2. The van der Waals surface area contributed by atoms with Gasteiger partial charge in [0.2, 0.25) is 21.8 Å². The van der Waals surface area contributed by atoms with Gasteiger partial charge >= 0.3 is 0 Å². The maximum absolute atomic E-state index is 12.2. The molecule has 25 heavy (non-hydrogen) atoms. The van der Waals surface area contributed by atoms with Crippen LogP contribution in [-0.4, -0.2) is 24.5 Å². The Kier molecular flexibility index (Phi) is 4.15. The van der Waals surface area contributed by atoms with Gasteiger partial charge in [-0.15, -0.1) is 0 Å². The van der Waals surface area contributed by atoms with E-state index in [2.05, 4.69) is 30.8 Å². The van der Waals surface area contributed by atoms with Crippen LogP contribution in [0.3, 0.4) is 0 Å². The Labute approximate surface area is 153 Å². The maximum Gasteiger partial charge on any atom is 0.242 e. The summed E-state index contributed by atoms with van der Waals surface area (Å²) in [5.41, 5.74) is 1.04. The Morgan fingerprint density at radius 3 is 2.68 bits per heavy atom. The van der Waals surface area contributed by atoms with Crippen LogP contribution in [0.1, 0.15) is 48.4 Å². The van der Waals surface area contributed by atoms with Crippen LogP contribution in [0.5, 0.6) is 0 Å². The lowest BCUT2D eigenvalue weighted by Gasteiger charge is -2.05. The Hall–Kier alpha value is -1.74. The van der Waals surface area contributed by atoms with Crippen LogP contribution in [0.25, 0.3) is 0 Å². The van der Waals surface area contributed by atoms with Crippen LogP contribution < -0.4 is 4.72 Å². The zero-order chi connectivity index (χ0) is 17.6. The summed E-state index contributed by atoms with van der Waals surface area (Å²) in [4.78, 5) is 16.3. The molecule has 0 saturated heterocycles. The largest absolute Gasteiger partial charge is 0.339 e. The Bertz CT molecular complexity index is 906. The predicted molar refractivity (Wildman–Crippen MR) is 92.0 cm³/mol. The number of amides is 1. The molecule has 0 aliphatic heterocycles. The van der Waals surface area contributed by atoms with Crippen molar-refractivity contribution in [1.82, 2.24) is 14.9 Å². The fourth-order valence-electron chi connectivity index (χ4n) is 2.82. The summed E-state index contributed by atoms with van der Waals surface area (Å²) in [6, 6.07) is 7.70. The molecule has 2 fully saturated rings. The van der Waals surface area contributed by atoms with Crippen molar-refractivity contribution in [3.05, 3.63) is 46.0 Å². The minimum absolute atomic E-state index is 0.0648. The van der Waals surface area contributed by atoms with Crippen molar-refractivity contribution >= 4 is 31.9 Å². The molecule has 2 aliphatic rings. The molecule has 2 aromatic rings. The van der Waals surface area contributed by atoms with Gasteiger partial charge in [0, 0.05) is 16.3 Å². The minimum Gasteiger partial charge on any atom is -0.339 e. The van der Waals surface area contributed by atoms with E-state index in [4.69, 9.17) is 4.52 Å². The molecule has 1 N–H and O–H groups in total. The molecule has 0 bridgehead atoms. The van der Waals surface area contributed by atoms with E-state index >= 15 is 0 Å². The summed E-state index contributed by atoms with van der Waals surface area (Å²) in [6.45, 7) is 0. The third-order valence-electron chi connectivity index (χ3n) is 4.41. The molecule has 0 spiro atoms. The molecule has 1 amide bonds. The molecule has 1 aromatic carbocycles. The molecule has 9 heteroatoms. The van der Waals surface area contributed by atoms with Gasteiger partial charge in [0.15, 0.2) is 5.82 Å². The fraction of sp³-hybridized carbons (Fsp3) is 0.438. The number of benzene rings is 1. The number of rotatable bonds is 6. The van der Waals surface area contributed by atoms with E-state index in [0.29, 0.717) is 12.3 Å². The van der Waals surface area contributed by atoms with Gasteiger partial charge < -0.3 is 4.52 Å². The summed E-state index contributed by atoms with van der Waals surface area (Å²) in [6.07, 6.45) is 2.63. The lowest BCUT2D eigenvalue weighted by atomic mass is 10.1. The summed E-state index contributed by atoms with van der Waals surface area (Å²) in [5, 5.41) is 3.68. The SMILES string of the molecule is O=C(NS(=O)(=O)Cc1noc(C2CC2)n1)[C@@H]1C[C@H]1c1ccc(Br)cc1. The van der Waals surface area contributed by atoms with Gasteiger partial charge in [-0.2, -0.15) is 4.98 Å². The van der Waals surface area contributed by atoms with Crippen molar-refractivity contribution in [2.24, 2.45) is 5.92 Å². The first kappa shape index (κ1) is 16.7. The molecule has 7 nitrogen and oxygen atoms in total. The smallest absolute Gasteiger partial charge is 0.242 e. The van der Waals surface area contributed by atoms with E-state index < -0.39 is 21.7 Å². The first-order chi connectivity index (χ1) is 11.9. The Morgan fingerprint density at radius 1 is 1.28 bits per heavy atom. The quantitative estimate of drug-likeness (QED) is 0.762. The van der Waals surface area contributed by atoms with E-state index in [1.54, 1.807) is 0 Å². The molecule has 4 rings (SSSR count). The van der Waals surface area contributed by atoms with Gasteiger partial charge in [0.05, 0.1) is 0 Å². The topological polar surface area (TPSA) is 102 Å². The lowest BCUT2D eigenvalue weighted by molar-refractivity contribution is -0.120. The molecule has 2 saturated carbocycles. The number of aromatic nitrogens is 2. The number of carbonyl (C=O) groups excluding carboxylic acids is 1. The van der Waals surface area contributed by atoms with Gasteiger partial charge in [0.1, 0.15) is 5.75 Å². The first-order valence-corrected chi connectivity index (χ1v) is 10.5. The third-order valence-corrected chi connectivity index (χ3v) is 6.09. The zero-order valence-corrected chi connectivity index (χ0v) is 15.6. The van der Waals surface area contributed by atoms with E-state index in [9.17, 15) is 13.2 Å². The fourth-order valence-corrected chi connectivity index (χ4v) is 4.07. The van der Waals surface area contributed by atoms with Crippen LogP contribution in [0.4, 0.5) is 0 Å². The highest BCUT2D eigenvalue weighted by molar-refractivity contribution is 9.10. The third kappa shape index (κ3) is 3.92. The molecular formula is C16H16BrN3O4S.